The molecule has 4 rings (SSSR count). The fourth-order valence-electron chi connectivity index (χ4n) is 4.95. The molecule has 0 radical (unpaired) electrons. The summed E-state index contributed by atoms with van der Waals surface area (Å²) in [6.07, 6.45) is 4.60. The van der Waals surface area contributed by atoms with E-state index in [1.54, 1.807) is 6.26 Å². The summed E-state index contributed by atoms with van der Waals surface area (Å²) in [6, 6.07) is 20.6. The molecular formula is C30H37NO4. The van der Waals surface area contributed by atoms with Crippen molar-refractivity contribution in [2.45, 2.75) is 65.6 Å². The number of aryl methyl sites for hydroxylation is 1. The first kappa shape index (κ1) is 25.4. The monoisotopic (exact) mass is 475 g/mol. The van der Waals surface area contributed by atoms with Crippen molar-refractivity contribution in [2.24, 2.45) is 11.8 Å². The number of benzene rings is 2. The first-order valence-electron chi connectivity index (χ1n) is 12.5. The normalized spacial score (nSPS) is 25.0. The van der Waals surface area contributed by atoms with Gasteiger partial charge in [0.1, 0.15) is 12.0 Å². The van der Waals surface area contributed by atoms with Gasteiger partial charge in [-0.3, -0.25) is 0 Å². The lowest BCUT2D eigenvalue weighted by Gasteiger charge is -2.45. The van der Waals surface area contributed by atoms with Crippen LogP contribution >= 0.6 is 0 Å². The van der Waals surface area contributed by atoms with E-state index in [2.05, 4.69) is 68.2 Å². The Morgan fingerprint density at radius 3 is 2.23 bits per heavy atom. The molecule has 1 aliphatic rings. The lowest BCUT2D eigenvalue weighted by molar-refractivity contribution is -0.177. The van der Waals surface area contributed by atoms with Crippen molar-refractivity contribution in [3.8, 4) is 0 Å². The summed E-state index contributed by atoms with van der Waals surface area (Å²) in [6.45, 7) is 10.3. The Labute approximate surface area is 209 Å². The van der Waals surface area contributed by atoms with Crippen LogP contribution in [0.3, 0.4) is 0 Å². The molecule has 2 heterocycles. The Bertz CT molecular complexity index is 1060. The van der Waals surface area contributed by atoms with Gasteiger partial charge in [0.25, 0.3) is 0 Å². The Kier molecular flexibility index (Phi) is 8.91. The van der Waals surface area contributed by atoms with Gasteiger partial charge in [-0.1, -0.05) is 74.5 Å². The second kappa shape index (κ2) is 12.3. The third-order valence-corrected chi connectivity index (χ3v) is 6.83. The molecule has 0 unspecified atom stereocenters. The Hall–Kier alpha value is -2.73. The number of hydrogen-bond acceptors (Lipinski definition) is 5. The zero-order chi connectivity index (χ0) is 24.6. The van der Waals surface area contributed by atoms with Crippen molar-refractivity contribution < 1.29 is 18.6 Å². The predicted molar refractivity (Wildman–Crippen MR) is 138 cm³/mol. The zero-order valence-electron chi connectivity index (χ0n) is 21.2. The summed E-state index contributed by atoms with van der Waals surface area (Å²) in [4.78, 5) is 4.44. The van der Waals surface area contributed by atoms with Crippen LogP contribution in [-0.4, -0.2) is 29.9 Å². The van der Waals surface area contributed by atoms with Crippen molar-refractivity contribution in [1.29, 1.82) is 0 Å². The zero-order valence-corrected chi connectivity index (χ0v) is 21.2. The molecule has 1 saturated heterocycles. The lowest BCUT2D eigenvalue weighted by atomic mass is 9.79. The molecule has 0 amide bonds. The SMILES string of the molecule is C/C(=C\c1coc(C)n1)[C@@H]1O[C@H](CCOCc2ccccc2)[C@H](C)[C@H](OCc2ccccc2)[C@H]1C. The molecule has 0 spiro atoms. The number of ether oxygens (including phenoxy) is 3. The number of oxazole rings is 1. The Balaban J connectivity index is 1.45. The Morgan fingerprint density at radius 1 is 0.943 bits per heavy atom. The summed E-state index contributed by atoms with van der Waals surface area (Å²) in [5.41, 5.74) is 4.31. The van der Waals surface area contributed by atoms with Crippen molar-refractivity contribution in [3.05, 3.63) is 95.2 Å². The van der Waals surface area contributed by atoms with Gasteiger partial charge in [0.15, 0.2) is 5.89 Å². The van der Waals surface area contributed by atoms with E-state index in [9.17, 15) is 0 Å². The molecule has 0 bridgehead atoms. The van der Waals surface area contributed by atoms with Gasteiger partial charge in [0, 0.05) is 25.4 Å². The summed E-state index contributed by atoms with van der Waals surface area (Å²) in [7, 11) is 0. The summed E-state index contributed by atoms with van der Waals surface area (Å²) < 4.78 is 24.6. The average molecular weight is 476 g/mol. The fraction of sp³-hybridized carbons (Fsp3) is 0.433. The molecule has 5 heteroatoms. The smallest absolute Gasteiger partial charge is 0.191 e. The predicted octanol–water partition coefficient (Wildman–Crippen LogP) is 6.62. The highest BCUT2D eigenvalue weighted by Gasteiger charge is 2.42. The fourth-order valence-corrected chi connectivity index (χ4v) is 4.95. The van der Waals surface area contributed by atoms with E-state index in [-0.39, 0.29) is 30.1 Å². The summed E-state index contributed by atoms with van der Waals surface area (Å²) >= 11 is 0. The maximum atomic E-state index is 6.70. The highest BCUT2D eigenvalue weighted by atomic mass is 16.5. The third kappa shape index (κ3) is 6.91. The van der Waals surface area contributed by atoms with E-state index in [4.69, 9.17) is 18.6 Å². The highest BCUT2D eigenvalue weighted by Crippen LogP contribution is 2.37. The van der Waals surface area contributed by atoms with Gasteiger partial charge in [0.2, 0.25) is 0 Å². The summed E-state index contributed by atoms with van der Waals surface area (Å²) in [5, 5.41) is 0. The molecule has 3 aromatic rings. The van der Waals surface area contributed by atoms with E-state index >= 15 is 0 Å². The van der Waals surface area contributed by atoms with Gasteiger partial charge >= 0.3 is 0 Å². The van der Waals surface area contributed by atoms with E-state index in [0.29, 0.717) is 25.7 Å². The van der Waals surface area contributed by atoms with Crippen LogP contribution in [0.1, 0.15) is 49.9 Å². The highest BCUT2D eigenvalue weighted by molar-refractivity contribution is 5.48. The van der Waals surface area contributed by atoms with Gasteiger partial charge in [-0.2, -0.15) is 0 Å². The van der Waals surface area contributed by atoms with Gasteiger partial charge in [0.05, 0.1) is 31.5 Å². The largest absolute Gasteiger partial charge is 0.449 e. The van der Waals surface area contributed by atoms with Crippen LogP contribution in [0.2, 0.25) is 0 Å². The molecule has 1 aliphatic heterocycles. The van der Waals surface area contributed by atoms with Crippen molar-refractivity contribution >= 4 is 6.08 Å². The average Bonchev–Trinajstić information content (AvgIpc) is 3.28. The molecule has 186 valence electrons. The van der Waals surface area contributed by atoms with Crippen molar-refractivity contribution in [1.82, 2.24) is 4.98 Å². The molecule has 1 aromatic heterocycles. The van der Waals surface area contributed by atoms with Crippen LogP contribution in [0.15, 0.2) is 76.9 Å². The van der Waals surface area contributed by atoms with Crippen LogP contribution in [0.4, 0.5) is 0 Å². The van der Waals surface area contributed by atoms with Crippen LogP contribution in [-0.2, 0) is 27.4 Å². The molecule has 2 aromatic carbocycles. The van der Waals surface area contributed by atoms with E-state index in [1.807, 2.05) is 31.2 Å². The van der Waals surface area contributed by atoms with E-state index in [0.717, 1.165) is 17.7 Å². The van der Waals surface area contributed by atoms with Crippen molar-refractivity contribution in [3.63, 3.8) is 0 Å². The standard InChI is InChI=1S/C30H37NO4/c1-21(17-27-20-33-24(4)31-27)29-23(3)30(34-19-26-13-9-6-10-14-26)22(2)28(35-29)15-16-32-18-25-11-7-5-8-12-25/h5-14,17,20,22-23,28-30H,15-16,18-19H2,1-4H3/b21-17+/t22-,23-,28+,29-,30-/m0/s1. The summed E-state index contributed by atoms with van der Waals surface area (Å²) in [5.74, 6) is 1.10. The van der Waals surface area contributed by atoms with E-state index in [1.165, 1.54) is 11.1 Å². The number of hydrogen-bond donors (Lipinski definition) is 0. The molecule has 5 nitrogen and oxygen atoms in total. The number of rotatable bonds is 10. The van der Waals surface area contributed by atoms with Gasteiger partial charge in [-0.15, -0.1) is 0 Å². The van der Waals surface area contributed by atoms with Crippen LogP contribution < -0.4 is 0 Å². The molecular weight excluding hydrogens is 438 g/mol. The molecule has 0 aliphatic carbocycles. The number of nitrogens with zero attached hydrogens (tertiary/aromatic N) is 1. The minimum atomic E-state index is -0.0666. The van der Waals surface area contributed by atoms with Crippen LogP contribution in [0.25, 0.3) is 6.08 Å². The topological polar surface area (TPSA) is 53.7 Å². The minimum absolute atomic E-state index is 0.0372. The van der Waals surface area contributed by atoms with Gasteiger partial charge in [-0.05, 0) is 36.1 Å². The van der Waals surface area contributed by atoms with E-state index < -0.39 is 0 Å². The second-order valence-electron chi connectivity index (χ2n) is 9.58. The van der Waals surface area contributed by atoms with Crippen molar-refractivity contribution in [2.75, 3.05) is 6.61 Å². The molecule has 0 saturated carbocycles. The van der Waals surface area contributed by atoms with Crippen LogP contribution in [0.5, 0.6) is 0 Å². The van der Waals surface area contributed by atoms with Gasteiger partial charge in [-0.25, -0.2) is 4.98 Å². The molecule has 35 heavy (non-hydrogen) atoms. The van der Waals surface area contributed by atoms with Crippen LogP contribution in [0, 0.1) is 18.8 Å². The third-order valence-electron chi connectivity index (χ3n) is 6.83. The molecule has 5 atom stereocenters. The number of aromatic nitrogens is 1. The second-order valence-corrected chi connectivity index (χ2v) is 9.58. The molecule has 1 fully saturated rings. The Morgan fingerprint density at radius 2 is 1.60 bits per heavy atom. The quantitative estimate of drug-likeness (QED) is 0.309. The lowest BCUT2D eigenvalue weighted by Crippen LogP contribution is -2.50. The van der Waals surface area contributed by atoms with Gasteiger partial charge < -0.3 is 18.6 Å². The minimum Gasteiger partial charge on any atom is -0.449 e. The maximum Gasteiger partial charge on any atom is 0.191 e. The first-order valence-corrected chi connectivity index (χ1v) is 12.5. The first-order chi connectivity index (χ1) is 17.0. The maximum absolute atomic E-state index is 6.70. The molecule has 0 N–H and O–H groups in total.